The van der Waals surface area contributed by atoms with E-state index in [1.807, 2.05) is 42.5 Å². The zero-order valence-corrected chi connectivity index (χ0v) is 14.2. The Kier molecular flexibility index (Phi) is 3.74. The molecule has 4 rings (SSSR count). The third-order valence-electron chi connectivity index (χ3n) is 4.56. The number of halogens is 1. The van der Waals surface area contributed by atoms with Crippen molar-refractivity contribution in [1.82, 2.24) is 4.98 Å². The van der Waals surface area contributed by atoms with Gasteiger partial charge in [0.05, 0.1) is 5.52 Å². The van der Waals surface area contributed by atoms with Gasteiger partial charge in [-0.15, -0.1) is 0 Å². The van der Waals surface area contributed by atoms with Crippen LogP contribution in [0.1, 0.15) is 23.5 Å². The van der Waals surface area contributed by atoms with Gasteiger partial charge >= 0.3 is 0 Å². The Morgan fingerprint density at radius 3 is 2.83 bits per heavy atom. The molecule has 0 unspecified atom stereocenters. The third-order valence-corrected chi connectivity index (χ3v) is 5.06. The first-order chi connectivity index (χ1) is 11.2. The van der Waals surface area contributed by atoms with Crippen LogP contribution in [0.3, 0.4) is 0 Å². The van der Waals surface area contributed by atoms with Crippen LogP contribution >= 0.6 is 15.9 Å². The van der Waals surface area contributed by atoms with Crippen LogP contribution in [-0.4, -0.2) is 10.8 Å². The quantitative estimate of drug-likeness (QED) is 0.657. The lowest BCUT2D eigenvalue weighted by Gasteiger charge is -2.05. The number of pyridine rings is 1. The van der Waals surface area contributed by atoms with Crippen LogP contribution in [0.15, 0.2) is 65.3 Å². The van der Waals surface area contributed by atoms with E-state index in [-0.39, 0.29) is 5.92 Å². The van der Waals surface area contributed by atoms with Crippen molar-refractivity contribution < 1.29 is 4.79 Å². The molecule has 0 amide bonds. The predicted molar refractivity (Wildman–Crippen MR) is 95.4 cm³/mol. The molecule has 114 valence electrons. The highest BCUT2D eigenvalue weighted by Crippen LogP contribution is 2.48. The molecule has 2 atom stereocenters. The highest BCUT2D eigenvalue weighted by Gasteiger charge is 2.43. The second kappa shape index (κ2) is 5.89. The topological polar surface area (TPSA) is 30.0 Å². The first kappa shape index (κ1) is 14.6. The maximum atomic E-state index is 12.6. The van der Waals surface area contributed by atoms with E-state index in [0.29, 0.717) is 18.1 Å². The van der Waals surface area contributed by atoms with Gasteiger partial charge in [-0.1, -0.05) is 52.3 Å². The molecule has 0 spiro atoms. The minimum atomic E-state index is 0.156. The Bertz CT molecular complexity index is 884. The summed E-state index contributed by atoms with van der Waals surface area (Å²) in [5, 5.41) is 1.09. The molecule has 1 saturated carbocycles. The average Bonchev–Trinajstić information content (AvgIpc) is 3.36. The van der Waals surface area contributed by atoms with Gasteiger partial charge in [-0.25, -0.2) is 0 Å². The molecule has 1 aromatic heterocycles. The molecule has 0 radical (unpaired) electrons. The van der Waals surface area contributed by atoms with Gasteiger partial charge in [0.25, 0.3) is 0 Å². The Morgan fingerprint density at radius 2 is 1.96 bits per heavy atom. The van der Waals surface area contributed by atoms with Crippen molar-refractivity contribution in [3.8, 4) is 0 Å². The number of hydrogen-bond acceptors (Lipinski definition) is 2. The molecule has 0 aliphatic heterocycles. The number of carbonyl (C=O) groups excluding carboxylic acids is 1. The standard InChI is InChI=1S/C20H16BrNO/c21-16-8-2-5-14(10-16)17-12-18(17)19(23)11-15-6-1-4-13-7-3-9-22-20(13)15/h1-10,17-18H,11-12H2/t17-,18-/m0/s1. The minimum absolute atomic E-state index is 0.156. The van der Waals surface area contributed by atoms with Crippen molar-refractivity contribution in [2.75, 3.05) is 0 Å². The van der Waals surface area contributed by atoms with E-state index in [4.69, 9.17) is 0 Å². The Hall–Kier alpha value is -2.00. The summed E-state index contributed by atoms with van der Waals surface area (Å²) in [5.74, 6) is 0.860. The van der Waals surface area contributed by atoms with Crippen LogP contribution in [0.4, 0.5) is 0 Å². The van der Waals surface area contributed by atoms with Crippen LogP contribution in [-0.2, 0) is 11.2 Å². The van der Waals surface area contributed by atoms with Crippen LogP contribution in [0.25, 0.3) is 10.9 Å². The largest absolute Gasteiger partial charge is 0.299 e. The van der Waals surface area contributed by atoms with E-state index in [2.05, 4.69) is 33.0 Å². The van der Waals surface area contributed by atoms with Gasteiger partial charge in [-0.2, -0.15) is 0 Å². The third kappa shape index (κ3) is 2.93. The Labute approximate surface area is 143 Å². The van der Waals surface area contributed by atoms with Gasteiger partial charge in [0.15, 0.2) is 0 Å². The summed E-state index contributed by atoms with van der Waals surface area (Å²) in [6, 6.07) is 18.3. The lowest BCUT2D eigenvalue weighted by atomic mass is 10.0. The molecule has 2 nitrogen and oxygen atoms in total. The Balaban J connectivity index is 1.53. The van der Waals surface area contributed by atoms with Gasteiger partial charge in [0, 0.05) is 28.4 Å². The van der Waals surface area contributed by atoms with E-state index in [1.54, 1.807) is 6.20 Å². The molecule has 2 aromatic carbocycles. The maximum Gasteiger partial charge on any atom is 0.141 e. The van der Waals surface area contributed by atoms with E-state index >= 15 is 0 Å². The smallest absolute Gasteiger partial charge is 0.141 e. The van der Waals surface area contributed by atoms with Crippen molar-refractivity contribution >= 4 is 32.6 Å². The molecule has 1 heterocycles. The lowest BCUT2D eigenvalue weighted by molar-refractivity contribution is -0.119. The second-order valence-electron chi connectivity index (χ2n) is 6.14. The fourth-order valence-electron chi connectivity index (χ4n) is 3.29. The molecule has 3 heteroatoms. The van der Waals surface area contributed by atoms with Crippen molar-refractivity contribution in [3.63, 3.8) is 0 Å². The summed E-state index contributed by atoms with van der Waals surface area (Å²) in [6.07, 6.45) is 3.23. The molecule has 1 fully saturated rings. The number of aromatic nitrogens is 1. The SMILES string of the molecule is O=C(Cc1cccc2cccnc12)[C@H]1C[C@H]1c1cccc(Br)c1. The van der Waals surface area contributed by atoms with Gasteiger partial charge in [0.2, 0.25) is 0 Å². The van der Waals surface area contributed by atoms with Crippen molar-refractivity contribution in [1.29, 1.82) is 0 Å². The number of para-hydroxylation sites is 1. The molecule has 1 aliphatic rings. The lowest BCUT2D eigenvalue weighted by Crippen LogP contribution is -2.07. The number of nitrogens with zero attached hydrogens (tertiary/aromatic N) is 1. The number of benzene rings is 2. The first-order valence-electron chi connectivity index (χ1n) is 7.83. The number of fused-ring (bicyclic) bond motifs is 1. The summed E-state index contributed by atoms with van der Waals surface area (Å²) in [5.41, 5.74) is 3.24. The molecule has 23 heavy (non-hydrogen) atoms. The number of carbonyl (C=O) groups is 1. The van der Waals surface area contributed by atoms with Gasteiger partial charge in [-0.3, -0.25) is 9.78 Å². The van der Waals surface area contributed by atoms with Gasteiger partial charge in [0.1, 0.15) is 5.78 Å². The van der Waals surface area contributed by atoms with Crippen LogP contribution < -0.4 is 0 Å². The van der Waals surface area contributed by atoms with Crippen LogP contribution in [0.2, 0.25) is 0 Å². The minimum Gasteiger partial charge on any atom is -0.299 e. The summed E-state index contributed by atoms with van der Waals surface area (Å²) >= 11 is 3.50. The second-order valence-corrected chi connectivity index (χ2v) is 7.05. The Morgan fingerprint density at radius 1 is 1.13 bits per heavy atom. The van der Waals surface area contributed by atoms with Gasteiger partial charge in [-0.05, 0) is 41.7 Å². The summed E-state index contributed by atoms with van der Waals surface area (Å²) in [4.78, 5) is 17.1. The average molecular weight is 366 g/mol. The predicted octanol–water partition coefficient (Wildman–Crippen LogP) is 4.91. The molecule has 3 aromatic rings. The highest BCUT2D eigenvalue weighted by molar-refractivity contribution is 9.10. The molecule has 1 aliphatic carbocycles. The van der Waals surface area contributed by atoms with E-state index in [1.165, 1.54) is 5.56 Å². The van der Waals surface area contributed by atoms with E-state index < -0.39 is 0 Å². The number of Topliss-reactive ketones (excluding diaryl/α,β-unsaturated/α-hetero) is 1. The number of rotatable bonds is 4. The van der Waals surface area contributed by atoms with Crippen LogP contribution in [0, 0.1) is 5.92 Å². The van der Waals surface area contributed by atoms with E-state index in [9.17, 15) is 4.79 Å². The van der Waals surface area contributed by atoms with E-state index in [0.717, 1.165) is 27.4 Å². The van der Waals surface area contributed by atoms with Crippen molar-refractivity contribution in [2.45, 2.75) is 18.8 Å². The summed E-state index contributed by atoms with van der Waals surface area (Å²) in [6.45, 7) is 0. The fraction of sp³-hybridized carbons (Fsp3) is 0.200. The van der Waals surface area contributed by atoms with Crippen molar-refractivity contribution in [2.24, 2.45) is 5.92 Å². The van der Waals surface area contributed by atoms with Crippen LogP contribution in [0.5, 0.6) is 0 Å². The monoisotopic (exact) mass is 365 g/mol. The fourth-order valence-corrected chi connectivity index (χ4v) is 3.70. The molecular weight excluding hydrogens is 350 g/mol. The zero-order valence-electron chi connectivity index (χ0n) is 12.6. The highest BCUT2D eigenvalue weighted by atomic mass is 79.9. The van der Waals surface area contributed by atoms with Crippen molar-refractivity contribution in [3.05, 3.63) is 76.4 Å². The number of hydrogen-bond donors (Lipinski definition) is 0. The molecule has 0 bridgehead atoms. The summed E-state index contributed by atoms with van der Waals surface area (Å²) < 4.78 is 1.08. The number of ketones is 1. The zero-order chi connectivity index (χ0) is 15.8. The summed E-state index contributed by atoms with van der Waals surface area (Å²) in [7, 11) is 0. The van der Waals surface area contributed by atoms with Gasteiger partial charge < -0.3 is 0 Å². The molecule has 0 N–H and O–H groups in total. The maximum absolute atomic E-state index is 12.6. The molecule has 0 saturated heterocycles. The molecular formula is C20H16BrNO. The first-order valence-corrected chi connectivity index (χ1v) is 8.62. The normalized spacial score (nSPS) is 19.7.